The molecule has 0 spiro atoms. The van der Waals surface area contributed by atoms with Crippen molar-refractivity contribution < 1.29 is 13.9 Å². The van der Waals surface area contributed by atoms with Crippen LogP contribution in [0.15, 0.2) is 18.2 Å². The number of aryl methyl sites for hydroxylation is 1. The molecule has 1 unspecified atom stereocenters. The van der Waals surface area contributed by atoms with Crippen LogP contribution in [0.2, 0.25) is 0 Å². The summed E-state index contributed by atoms with van der Waals surface area (Å²) >= 11 is 0. The van der Waals surface area contributed by atoms with Crippen LogP contribution in [-0.4, -0.2) is 48.7 Å². The highest BCUT2D eigenvalue weighted by molar-refractivity contribution is 5.82. The van der Waals surface area contributed by atoms with Gasteiger partial charge in [-0.25, -0.2) is 4.39 Å². The van der Waals surface area contributed by atoms with Gasteiger partial charge in [-0.3, -0.25) is 4.79 Å². The zero-order chi connectivity index (χ0) is 16.7. The molecule has 0 aliphatic carbocycles. The summed E-state index contributed by atoms with van der Waals surface area (Å²) in [6, 6.07) is 6.07. The Labute approximate surface area is 142 Å². The molecular weight excluding hydrogens is 307 g/mol. The number of halogens is 1. The normalized spacial score (nSPS) is 32.8. The van der Waals surface area contributed by atoms with Gasteiger partial charge in [-0.2, -0.15) is 0 Å². The number of fused-ring (bicyclic) bond motifs is 2. The van der Waals surface area contributed by atoms with Gasteiger partial charge in [0.25, 0.3) is 5.91 Å². The average Bonchev–Trinajstić information content (AvgIpc) is 2.87. The van der Waals surface area contributed by atoms with E-state index < -0.39 is 0 Å². The quantitative estimate of drug-likeness (QED) is 0.904. The number of hydrogen-bond acceptors (Lipinski definition) is 3. The molecule has 1 amide bonds. The number of benzene rings is 1. The standard InChI is InChI=1S/C19H25FN2O2/c1-12-8-13(2-5-17(12)20)14-9-15-3-4-16(10-14)22(15)19(23)18-11-21-6-7-24-18/h2,5,8,14-16,18,21H,3-4,6-7,9-11H2,1H3/t14?,15-,16+,18-/m1/s1. The highest BCUT2D eigenvalue weighted by Gasteiger charge is 2.45. The van der Waals surface area contributed by atoms with Gasteiger partial charge in [0.05, 0.1) is 6.61 Å². The minimum Gasteiger partial charge on any atom is -0.366 e. The number of piperidine rings is 1. The van der Waals surface area contributed by atoms with E-state index in [1.54, 1.807) is 6.07 Å². The first-order valence-electron chi connectivity index (χ1n) is 9.04. The fourth-order valence-corrected chi connectivity index (χ4v) is 4.62. The number of rotatable bonds is 2. The molecule has 130 valence electrons. The lowest BCUT2D eigenvalue weighted by molar-refractivity contribution is -0.150. The van der Waals surface area contributed by atoms with E-state index in [2.05, 4.69) is 10.2 Å². The highest BCUT2D eigenvalue weighted by atomic mass is 19.1. The summed E-state index contributed by atoms with van der Waals surface area (Å²) in [6.45, 7) is 3.87. The van der Waals surface area contributed by atoms with Crippen LogP contribution >= 0.6 is 0 Å². The van der Waals surface area contributed by atoms with Gasteiger partial charge in [-0.15, -0.1) is 0 Å². The minimum absolute atomic E-state index is 0.142. The molecule has 1 aromatic carbocycles. The SMILES string of the molecule is Cc1cc(C2C[C@H]3CC[C@@H](C2)N3C(=O)[C@H]2CNCCO2)ccc1F. The number of carbonyl (C=O) groups excluding carboxylic acids is 1. The van der Waals surface area contributed by atoms with Gasteiger partial charge in [-0.1, -0.05) is 12.1 Å². The molecule has 3 fully saturated rings. The summed E-state index contributed by atoms with van der Waals surface area (Å²) < 4.78 is 19.2. The number of hydrogen-bond donors (Lipinski definition) is 1. The topological polar surface area (TPSA) is 41.6 Å². The third-order valence-electron chi connectivity index (χ3n) is 5.84. The number of nitrogens with one attached hydrogen (secondary N) is 1. The zero-order valence-electron chi connectivity index (χ0n) is 14.1. The van der Waals surface area contributed by atoms with Crippen LogP contribution in [0, 0.1) is 12.7 Å². The maximum atomic E-state index is 13.5. The fraction of sp³-hybridized carbons (Fsp3) is 0.632. The molecule has 0 saturated carbocycles. The number of nitrogens with zero attached hydrogens (tertiary/aromatic N) is 1. The average molecular weight is 332 g/mol. The van der Waals surface area contributed by atoms with Gasteiger partial charge >= 0.3 is 0 Å². The Morgan fingerprint density at radius 3 is 2.67 bits per heavy atom. The van der Waals surface area contributed by atoms with E-state index in [0.717, 1.165) is 32.2 Å². The molecule has 3 heterocycles. The second-order valence-corrected chi connectivity index (χ2v) is 7.37. The molecule has 24 heavy (non-hydrogen) atoms. The van der Waals surface area contributed by atoms with Gasteiger partial charge in [0, 0.05) is 25.2 Å². The second-order valence-electron chi connectivity index (χ2n) is 7.37. The summed E-state index contributed by atoms with van der Waals surface area (Å²) in [4.78, 5) is 15.0. The molecule has 2 bridgehead atoms. The third-order valence-corrected chi connectivity index (χ3v) is 5.84. The molecule has 5 heteroatoms. The molecule has 1 N–H and O–H groups in total. The monoisotopic (exact) mass is 332 g/mol. The van der Waals surface area contributed by atoms with Crippen LogP contribution in [0.5, 0.6) is 0 Å². The molecule has 4 atom stereocenters. The molecule has 3 saturated heterocycles. The van der Waals surface area contributed by atoms with Gasteiger partial charge in [0.1, 0.15) is 11.9 Å². The van der Waals surface area contributed by atoms with Crippen molar-refractivity contribution in [1.29, 1.82) is 0 Å². The smallest absolute Gasteiger partial charge is 0.253 e. The van der Waals surface area contributed by atoms with Gasteiger partial charge < -0.3 is 15.0 Å². The maximum absolute atomic E-state index is 13.5. The van der Waals surface area contributed by atoms with Crippen molar-refractivity contribution in [2.45, 2.75) is 56.7 Å². The first-order chi connectivity index (χ1) is 11.6. The summed E-state index contributed by atoms with van der Waals surface area (Å²) in [5.41, 5.74) is 1.92. The Bertz CT molecular complexity index is 616. The number of carbonyl (C=O) groups is 1. The predicted octanol–water partition coefficient (Wildman–Crippen LogP) is 2.36. The molecule has 3 aliphatic heterocycles. The van der Waals surface area contributed by atoms with Crippen LogP contribution < -0.4 is 5.32 Å². The minimum atomic E-state index is -0.327. The molecule has 4 nitrogen and oxygen atoms in total. The first kappa shape index (κ1) is 16.0. The van der Waals surface area contributed by atoms with E-state index in [4.69, 9.17) is 4.74 Å². The third kappa shape index (κ3) is 2.84. The molecular formula is C19H25FN2O2. The molecule has 0 aromatic heterocycles. The molecule has 4 rings (SSSR count). The van der Waals surface area contributed by atoms with Crippen LogP contribution in [0.25, 0.3) is 0 Å². The zero-order valence-corrected chi connectivity index (χ0v) is 14.1. The summed E-state index contributed by atoms with van der Waals surface area (Å²) in [5.74, 6) is 0.441. The fourth-order valence-electron chi connectivity index (χ4n) is 4.62. The van der Waals surface area contributed by atoms with Gasteiger partial charge in [0.2, 0.25) is 0 Å². The van der Waals surface area contributed by atoms with Crippen molar-refractivity contribution in [3.63, 3.8) is 0 Å². The lowest BCUT2D eigenvalue weighted by Crippen LogP contribution is -2.54. The molecule has 1 aromatic rings. The summed E-state index contributed by atoms with van der Waals surface area (Å²) in [7, 11) is 0. The number of amides is 1. The summed E-state index contributed by atoms with van der Waals surface area (Å²) in [5, 5.41) is 3.24. The Kier molecular flexibility index (Phi) is 4.31. The highest BCUT2D eigenvalue weighted by Crippen LogP contribution is 2.43. The van der Waals surface area contributed by atoms with Crippen molar-refractivity contribution >= 4 is 5.91 Å². The maximum Gasteiger partial charge on any atom is 0.253 e. The van der Waals surface area contributed by atoms with Crippen molar-refractivity contribution in [2.75, 3.05) is 19.7 Å². The van der Waals surface area contributed by atoms with Crippen molar-refractivity contribution in [2.24, 2.45) is 0 Å². The van der Waals surface area contributed by atoms with Crippen LogP contribution in [0.1, 0.15) is 42.7 Å². The van der Waals surface area contributed by atoms with Gasteiger partial charge in [0.15, 0.2) is 0 Å². The Morgan fingerprint density at radius 2 is 2.04 bits per heavy atom. The van der Waals surface area contributed by atoms with E-state index in [9.17, 15) is 9.18 Å². The Hall–Kier alpha value is -1.46. The predicted molar refractivity (Wildman–Crippen MR) is 89.4 cm³/mol. The van der Waals surface area contributed by atoms with E-state index in [0.29, 0.717) is 36.7 Å². The lowest BCUT2D eigenvalue weighted by Gasteiger charge is -2.41. The second kappa shape index (κ2) is 6.45. The van der Waals surface area contributed by atoms with E-state index in [1.165, 1.54) is 5.56 Å². The Balaban J connectivity index is 1.49. The van der Waals surface area contributed by atoms with E-state index >= 15 is 0 Å². The first-order valence-corrected chi connectivity index (χ1v) is 9.04. The van der Waals surface area contributed by atoms with Crippen molar-refractivity contribution in [3.05, 3.63) is 35.1 Å². The van der Waals surface area contributed by atoms with Crippen molar-refractivity contribution in [3.8, 4) is 0 Å². The van der Waals surface area contributed by atoms with E-state index in [1.807, 2.05) is 19.1 Å². The van der Waals surface area contributed by atoms with Crippen molar-refractivity contribution in [1.82, 2.24) is 10.2 Å². The van der Waals surface area contributed by atoms with Crippen LogP contribution in [0.3, 0.4) is 0 Å². The largest absolute Gasteiger partial charge is 0.366 e. The van der Waals surface area contributed by atoms with Gasteiger partial charge in [-0.05, 0) is 55.7 Å². The van der Waals surface area contributed by atoms with Crippen LogP contribution in [-0.2, 0) is 9.53 Å². The molecule has 3 aliphatic rings. The van der Waals surface area contributed by atoms with Crippen LogP contribution in [0.4, 0.5) is 4.39 Å². The molecule has 0 radical (unpaired) electrons. The number of morpholine rings is 1. The van der Waals surface area contributed by atoms with E-state index in [-0.39, 0.29) is 17.8 Å². The Morgan fingerprint density at radius 1 is 1.29 bits per heavy atom. The number of ether oxygens (including phenoxy) is 1. The lowest BCUT2D eigenvalue weighted by atomic mass is 9.84. The summed E-state index contributed by atoms with van der Waals surface area (Å²) in [6.07, 6.45) is 3.79.